The highest BCUT2D eigenvalue weighted by atomic mass is 35.5. The monoisotopic (exact) mass is 677 g/mol. The molecule has 0 saturated heterocycles. The van der Waals surface area contributed by atoms with Crippen molar-refractivity contribution in [3.05, 3.63) is 46.0 Å². The molecular weight excluding hydrogens is 618 g/mol. The Balaban J connectivity index is 1.19. The Morgan fingerprint density at radius 3 is 2.48 bits per heavy atom. The van der Waals surface area contributed by atoms with E-state index in [4.69, 9.17) is 16.3 Å². The van der Waals surface area contributed by atoms with E-state index in [1.807, 2.05) is 18.2 Å². The molecule has 0 bridgehead atoms. The molecule has 5 aliphatic rings. The van der Waals surface area contributed by atoms with Crippen LogP contribution in [0.2, 0.25) is 5.02 Å². The molecule has 0 heterocycles. The summed E-state index contributed by atoms with van der Waals surface area (Å²) in [4.78, 5) is 38.2. The summed E-state index contributed by atoms with van der Waals surface area (Å²) < 4.78 is 6.11. The molecule has 0 spiro atoms. The summed E-state index contributed by atoms with van der Waals surface area (Å²) >= 11 is 6.24. The summed E-state index contributed by atoms with van der Waals surface area (Å²) in [5.41, 5.74) is 3.73. The second-order valence-corrected chi connectivity index (χ2v) is 18.6. The lowest BCUT2D eigenvalue weighted by Gasteiger charge is -2.67. The minimum absolute atomic E-state index is 0.00164. The van der Waals surface area contributed by atoms with Gasteiger partial charge in [0.25, 0.3) is 0 Å². The van der Waals surface area contributed by atoms with E-state index in [1.165, 1.54) is 43.2 Å². The second-order valence-electron chi connectivity index (χ2n) is 18.2. The number of ketones is 1. The number of halogens is 1. The van der Waals surface area contributed by atoms with Crippen LogP contribution < -0.4 is 5.32 Å². The van der Waals surface area contributed by atoms with Gasteiger partial charge in [-0.05, 0) is 134 Å². The summed E-state index contributed by atoms with van der Waals surface area (Å²) in [7, 11) is 0. The molecule has 264 valence electrons. The molecule has 4 saturated carbocycles. The van der Waals surface area contributed by atoms with Gasteiger partial charge in [-0.3, -0.25) is 9.59 Å². The molecule has 6 rings (SSSR count). The number of benzene rings is 1. The maximum absolute atomic E-state index is 13.8. The van der Waals surface area contributed by atoms with Crippen molar-refractivity contribution in [1.29, 1.82) is 0 Å². The van der Waals surface area contributed by atoms with E-state index in [-0.39, 0.29) is 40.7 Å². The molecule has 1 N–H and O–H groups in total. The molecule has 5 aliphatic carbocycles. The summed E-state index contributed by atoms with van der Waals surface area (Å²) in [6, 6.07) is 8.08. The van der Waals surface area contributed by atoms with Gasteiger partial charge >= 0.3 is 5.97 Å². The third-order valence-electron chi connectivity index (χ3n) is 14.5. The molecule has 0 radical (unpaired) electrons. The van der Waals surface area contributed by atoms with Crippen molar-refractivity contribution in [2.24, 2.45) is 57.2 Å². The highest BCUT2D eigenvalue weighted by Crippen LogP contribution is 2.72. The number of hydrogen-bond donors (Lipinski definition) is 1. The van der Waals surface area contributed by atoms with Crippen molar-refractivity contribution >= 4 is 29.6 Å². The first-order valence-electron chi connectivity index (χ1n) is 19.0. The zero-order valence-corrected chi connectivity index (χ0v) is 31.4. The first-order chi connectivity index (χ1) is 22.6. The number of ether oxygens (including phenoxy) is 1. The maximum Gasteiger partial charge on any atom is 0.307 e. The number of fused-ring (bicyclic) bond motifs is 7. The largest absolute Gasteiger partial charge is 0.462 e. The zero-order chi connectivity index (χ0) is 34.6. The van der Waals surface area contributed by atoms with Gasteiger partial charge in [-0.15, -0.1) is 0 Å². The standard InChI is InChI=1S/C42H60ClNO4/c1-26(2)37-33(46)22-42(19-20-44-24-28-9-8-10-29(43)21-28)18-14-32-30(38(37)42)11-12-35-40(6)17-15-34(48-36(47)23-39(4,5)25-45)27(3)31(40)13-16-41(32,35)7/h8-10,21,25-27,30-32,34-35,44H,11-20,22-24H2,1-7H3. The summed E-state index contributed by atoms with van der Waals surface area (Å²) in [5, 5.41) is 4.47. The van der Waals surface area contributed by atoms with Crippen molar-refractivity contribution in [2.45, 2.75) is 132 Å². The molecular formula is C42H60ClNO4. The van der Waals surface area contributed by atoms with Crippen molar-refractivity contribution in [1.82, 2.24) is 5.32 Å². The van der Waals surface area contributed by atoms with Crippen LogP contribution in [0.1, 0.15) is 125 Å². The van der Waals surface area contributed by atoms with E-state index < -0.39 is 5.41 Å². The zero-order valence-electron chi connectivity index (χ0n) is 30.6. The minimum atomic E-state index is -0.686. The van der Waals surface area contributed by atoms with Crippen molar-refractivity contribution in [3.63, 3.8) is 0 Å². The SMILES string of the molecule is CC(C)C1=C2C3CCC4C(C)(CCC5C(C)C(OC(=O)CC(C)(C)C=O)CCC54C)C3CCC2(CCNCc2cccc(Cl)c2)CC1=O. The second kappa shape index (κ2) is 13.3. The number of carbonyl (C=O) groups is 3. The lowest BCUT2D eigenvalue weighted by molar-refractivity contribution is -0.191. The fourth-order valence-electron chi connectivity index (χ4n) is 12.3. The number of Topliss-reactive ketones (excluding diaryl/α,β-unsaturated/α-hetero) is 1. The number of rotatable bonds is 10. The van der Waals surface area contributed by atoms with Gasteiger partial charge in [0.15, 0.2) is 5.78 Å². The number of hydrogen-bond acceptors (Lipinski definition) is 5. The van der Waals surface area contributed by atoms with Crippen molar-refractivity contribution in [3.8, 4) is 0 Å². The van der Waals surface area contributed by atoms with Gasteiger partial charge in [0.1, 0.15) is 12.4 Å². The van der Waals surface area contributed by atoms with Gasteiger partial charge in [0, 0.05) is 28.8 Å². The van der Waals surface area contributed by atoms with Crippen LogP contribution in [0.4, 0.5) is 0 Å². The van der Waals surface area contributed by atoms with Crippen LogP contribution in [0.25, 0.3) is 0 Å². The van der Waals surface area contributed by atoms with Gasteiger partial charge in [-0.25, -0.2) is 0 Å². The Morgan fingerprint density at radius 1 is 1.06 bits per heavy atom. The molecule has 5 nitrogen and oxygen atoms in total. The highest BCUT2D eigenvalue weighted by Gasteiger charge is 2.64. The molecule has 0 amide bonds. The van der Waals surface area contributed by atoms with Crippen LogP contribution >= 0.6 is 11.6 Å². The lowest BCUT2D eigenvalue weighted by atomic mass is 9.38. The van der Waals surface area contributed by atoms with Crippen molar-refractivity contribution in [2.75, 3.05) is 6.54 Å². The molecule has 6 heteroatoms. The summed E-state index contributed by atoms with van der Waals surface area (Å²) in [6.45, 7) is 17.3. The highest BCUT2D eigenvalue weighted by molar-refractivity contribution is 6.30. The molecule has 1 aromatic carbocycles. The predicted molar refractivity (Wildman–Crippen MR) is 192 cm³/mol. The molecule has 9 unspecified atom stereocenters. The van der Waals surface area contributed by atoms with Crippen LogP contribution in [-0.4, -0.2) is 30.7 Å². The van der Waals surface area contributed by atoms with Crippen LogP contribution in [0, 0.1) is 57.2 Å². The quantitative estimate of drug-likeness (QED) is 0.152. The Morgan fingerprint density at radius 2 is 1.77 bits per heavy atom. The molecule has 9 atom stereocenters. The number of carbonyl (C=O) groups excluding carboxylic acids is 3. The Hall–Kier alpha value is -1.98. The number of allylic oxidation sites excluding steroid dienone is 2. The van der Waals surface area contributed by atoms with Gasteiger partial charge in [0.05, 0.1) is 6.42 Å². The van der Waals surface area contributed by atoms with Crippen LogP contribution in [0.15, 0.2) is 35.4 Å². The maximum atomic E-state index is 13.8. The van der Waals surface area contributed by atoms with Crippen LogP contribution in [-0.2, 0) is 25.7 Å². The van der Waals surface area contributed by atoms with Gasteiger partial charge < -0.3 is 14.8 Å². The third kappa shape index (κ3) is 6.27. The fourth-order valence-corrected chi connectivity index (χ4v) is 12.5. The van der Waals surface area contributed by atoms with Gasteiger partial charge in [-0.1, -0.05) is 77.8 Å². The Bertz CT molecular complexity index is 1450. The van der Waals surface area contributed by atoms with E-state index in [1.54, 1.807) is 19.4 Å². The summed E-state index contributed by atoms with van der Waals surface area (Å²) in [6.07, 6.45) is 11.8. The van der Waals surface area contributed by atoms with E-state index in [0.29, 0.717) is 41.8 Å². The normalized spacial score (nSPS) is 37.8. The first-order valence-corrected chi connectivity index (χ1v) is 19.4. The molecule has 1 aromatic rings. The predicted octanol–water partition coefficient (Wildman–Crippen LogP) is 9.55. The average Bonchev–Trinajstić information content (AvgIpc) is 3.33. The molecule has 0 aliphatic heterocycles. The molecule has 0 aromatic heterocycles. The van der Waals surface area contributed by atoms with E-state index >= 15 is 0 Å². The van der Waals surface area contributed by atoms with Gasteiger partial charge in [0.2, 0.25) is 0 Å². The smallest absolute Gasteiger partial charge is 0.307 e. The first kappa shape index (κ1) is 35.8. The Kier molecular flexibility index (Phi) is 9.92. The van der Waals surface area contributed by atoms with Gasteiger partial charge in [-0.2, -0.15) is 0 Å². The van der Waals surface area contributed by atoms with E-state index in [0.717, 1.165) is 50.1 Å². The topological polar surface area (TPSA) is 72.5 Å². The third-order valence-corrected chi connectivity index (χ3v) is 14.7. The minimum Gasteiger partial charge on any atom is -0.462 e. The number of nitrogens with one attached hydrogen (secondary N) is 1. The number of esters is 1. The lowest BCUT2D eigenvalue weighted by Crippen LogP contribution is -2.60. The molecule has 4 fully saturated rings. The van der Waals surface area contributed by atoms with Crippen LogP contribution in [0.3, 0.4) is 0 Å². The van der Waals surface area contributed by atoms with Crippen molar-refractivity contribution < 1.29 is 19.1 Å². The number of aldehydes is 1. The van der Waals surface area contributed by atoms with Crippen LogP contribution in [0.5, 0.6) is 0 Å². The Labute approximate surface area is 294 Å². The summed E-state index contributed by atoms with van der Waals surface area (Å²) in [5.74, 6) is 3.06. The van der Waals surface area contributed by atoms with E-state index in [2.05, 4.69) is 46.0 Å². The fraction of sp³-hybridized carbons (Fsp3) is 0.738. The molecule has 48 heavy (non-hydrogen) atoms. The van der Waals surface area contributed by atoms with E-state index in [9.17, 15) is 14.4 Å². The average molecular weight is 678 g/mol.